The number of halogens is 2. The minimum atomic E-state index is 0. The molecule has 1 saturated carbocycles. The third-order valence-electron chi connectivity index (χ3n) is 4.01. The van der Waals surface area contributed by atoms with E-state index in [2.05, 4.69) is 0 Å². The summed E-state index contributed by atoms with van der Waals surface area (Å²) in [6.07, 6.45) is 6.29. The highest BCUT2D eigenvalue weighted by Crippen LogP contribution is 2.42. The third-order valence-corrected chi connectivity index (χ3v) is 4.34. The second kappa shape index (κ2) is 6.21. The fourth-order valence-corrected chi connectivity index (χ4v) is 3.22. The third kappa shape index (κ3) is 2.93. The molecule has 1 heterocycles. The van der Waals surface area contributed by atoms with Crippen molar-refractivity contribution >= 4 is 24.0 Å². The summed E-state index contributed by atoms with van der Waals surface area (Å²) < 4.78 is 10.7. The molecular weight excluding hydrogens is 285 g/mol. The number of fused-ring (bicyclic) bond motifs is 1. The smallest absolute Gasteiger partial charge is 0.231 e. The van der Waals surface area contributed by atoms with Crippen LogP contribution < -0.4 is 15.2 Å². The Hall–Kier alpha value is -0.640. The molecule has 0 aromatic heterocycles. The summed E-state index contributed by atoms with van der Waals surface area (Å²) in [6, 6.07) is 3.78. The first-order valence-electron chi connectivity index (χ1n) is 6.60. The van der Waals surface area contributed by atoms with Crippen LogP contribution >= 0.6 is 24.0 Å². The fourth-order valence-electron chi connectivity index (χ4n) is 2.94. The van der Waals surface area contributed by atoms with E-state index in [0.717, 1.165) is 17.1 Å². The van der Waals surface area contributed by atoms with Gasteiger partial charge in [-0.15, -0.1) is 12.4 Å². The molecule has 1 atom stereocenters. The second-order valence-corrected chi connectivity index (χ2v) is 5.56. The van der Waals surface area contributed by atoms with Crippen molar-refractivity contribution in [3.63, 3.8) is 0 Å². The summed E-state index contributed by atoms with van der Waals surface area (Å²) in [5.41, 5.74) is 7.38. The van der Waals surface area contributed by atoms with Gasteiger partial charge in [-0.2, -0.15) is 0 Å². The molecule has 1 aliphatic carbocycles. The molecule has 0 saturated heterocycles. The number of rotatable bonds is 2. The lowest BCUT2D eigenvalue weighted by atomic mass is 9.81. The van der Waals surface area contributed by atoms with Crippen LogP contribution in [0.3, 0.4) is 0 Å². The van der Waals surface area contributed by atoms with Crippen molar-refractivity contribution in [3.8, 4) is 11.5 Å². The van der Waals surface area contributed by atoms with Crippen molar-refractivity contribution in [2.75, 3.05) is 6.79 Å². The van der Waals surface area contributed by atoms with Crippen molar-refractivity contribution in [2.45, 2.75) is 38.1 Å². The Balaban J connectivity index is 0.00000133. The van der Waals surface area contributed by atoms with Crippen LogP contribution in [0.25, 0.3) is 0 Å². The molecule has 0 bridgehead atoms. The van der Waals surface area contributed by atoms with Crippen LogP contribution in [0.15, 0.2) is 12.1 Å². The van der Waals surface area contributed by atoms with Gasteiger partial charge in [-0.3, -0.25) is 0 Å². The lowest BCUT2D eigenvalue weighted by Gasteiger charge is -2.28. The minimum Gasteiger partial charge on any atom is -0.454 e. The summed E-state index contributed by atoms with van der Waals surface area (Å²) in [5.74, 6) is 2.02. The number of ether oxygens (including phenoxy) is 2. The van der Waals surface area contributed by atoms with Gasteiger partial charge in [0, 0.05) is 17.1 Å². The van der Waals surface area contributed by atoms with Crippen molar-refractivity contribution in [2.24, 2.45) is 11.7 Å². The molecule has 0 unspecified atom stereocenters. The molecule has 0 radical (unpaired) electrons. The van der Waals surface area contributed by atoms with Crippen molar-refractivity contribution in [1.29, 1.82) is 0 Å². The summed E-state index contributed by atoms with van der Waals surface area (Å²) in [5, 5.41) is 0.692. The number of nitrogens with two attached hydrogens (primary N) is 1. The van der Waals surface area contributed by atoms with Gasteiger partial charge in [0.05, 0.1) is 0 Å². The van der Waals surface area contributed by atoms with Gasteiger partial charge in [0.2, 0.25) is 6.79 Å². The molecule has 106 valence electrons. The van der Waals surface area contributed by atoms with Crippen LogP contribution in [0.4, 0.5) is 0 Å². The predicted molar refractivity (Wildman–Crippen MR) is 78.3 cm³/mol. The van der Waals surface area contributed by atoms with E-state index in [1.807, 2.05) is 12.1 Å². The van der Waals surface area contributed by atoms with Crippen LogP contribution in [0, 0.1) is 5.92 Å². The molecule has 2 N–H and O–H groups in total. The maximum atomic E-state index is 6.38. The zero-order valence-corrected chi connectivity index (χ0v) is 12.3. The summed E-state index contributed by atoms with van der Waals surface area (Å²) >= 11 is 6.31. The number of benzene rings is 1. The molecule has 2 aliphatic rings. The number of hydrogen-bond donors (Lipinski definition) is 1. The highest BCUT2D eigenvalue weighted by molar-refractivity contribution is 6.31. The first-order valence-corrected chi connectivity index (χ1v) is 6.98. The highest BCUT2D eigenvalue weighted by Gasteiger charge is 2.26. The first-order chi connectivity index (χ1) is 8.75. The zero-order chi connectivity index (χ0) is 12.5. The van der Waals surface area contributed by atoms with Gasteiger partial charge >= 0.3 is 0 Å². The van der Waals surface area contributed by atoms with Gasteiger partial charge in [-0.25, -0.2) is 0 Å². The van der Waals surface area contributed by atoms with E-state index in [1.54, 1.807) is 0 Å². The van der Waals surface area contributed by atoms with E-state index >= 15 is 0 Å². The summed E-state index contributed by atoms with van der Waals surface area (Å²) in [7, 11) is 0. The summed E-state index contributed by atoms with van der Waals surface area (Å²) in [6.45, 7) is 0.272. The monoisotopic (exact) mass is 303 g/mol. The van der Waals surface area contributed by atoms with Crippen LogP contribution in [-0.2, 0) is 0 Å². The molecule has 1 fully saturated rings. The Kier molecular flexibility index (Phi) is 4.82. The van der Waals surface area contributed by atoms with Crippen LogP contribution in [0.2, 0.25) is 5.02 Å². The molecule has 3 rings (SSSR count). The second-order valence-electron chi connectivity index (χ2n) is 5.15. The highest BCUT2D eigenvalue weighted by atomic mass is 35.5. The standard InChI is InChI=1S/C14H18ClNO2.ClH/c15-11-7-13-12(17-8-18-13)6-10(11)14(16)9-4-2-1-3-5-9;/h6-7,9,14H,1-5,8,16H2;1H/t14-;/m0./s1. The van der Waals surface area contributed by atoms with E-state index in [-0.39, 0.29) is 25.2 Å². The SMILES string of the molecule is Cl.N[C@H](c1cc2c(cc1Cl)OCO2)C1CCCCC1. The lowest BCUT2D eigenvalue weighted by Crippen LogP contribution is -2.23. The molecule has 3 nitrogen and oxygen atoms in total. The summed E-state index contributed by atoms with van der Waals surface area (Å²) in [4.78, 5) is 0. The lowest BCUT2D eigenvalue weighted by molar-refractivity contribution is 0.174. The van der Waals surface area contributed by atoms with Gasteiger partial charge in [-0.1, -0.05) is 30.9 Å². The van der Waals surface area contributed by atoms with Gasteiger partial charge in [0.25, 0.3) is 0 Å². The fraction of sp³-hybridized carbons (Fsp3) is 0.571. The van der Waals surface area contributed by atoms with Crippen molar-refractivity contribution in [1.82, 2.24) is 0 Å². The van der Waals surface area contributed by atoms with Crippen molar-refractivity contribution in [3.05, 3.63) is 22.7 Å². The topological polar surface area (TPSA) is 44.5 Å². The van der Waals surface area contributed by atoms with Gasteiger partial charge < -0.3 is 15.2 Å². The quantitative estimate of drug-likeness (QED) is 0.895. The van der Waals surface area contributed by atoms with Crippen molar-refractivity contribution < 1.29 is 9.47 Å². The van der Waals surface area contributed by atoms with E-state index in [1.165, 1.54) is 32.1 Å². The molecule has 0 spiro atoms. The number of hydrogen-bond acceptors (Lipinski definition) is 3. The van der Waals surface area contributed by atoms with Crippen LogP contribution in [-0.4, -0.2) is 6.79 Å². The van der Waals surface area contributed by atoms with E-state index in [0.29, 0.717) is 10.9 Å². The molecule has 0 amide bonds. The maximum Gasteiger partial charge on any atom is 0.231 e. The van der Waals surface area contributed by atoms with Crippen LogP contribution in [0.1, 0.15) is 43.7 Å². The Morgan fingerprint density at radius 1 is 1.11 bits per heavy atom. The van der Waals surface area contributed by atoms with Gasteiger partial charge in [0.15, 0.2) is 11.5 Å². The zero-order valence-electron chi connectivity index (χ0n) is 10.7. The molecular formula is C14H19Cl2NO2. The van der Waals surface area contributed by atoms with Gasteiger partial charge in [-0.05, 0) is 30.4 Å². The predicted octanol–water partition coefficient (Wildman–Crippen LogP) is 4.07. The molecule has 1 aliphatic heterocycles. The molecule has 5 heteroatoms. The molecule has 1 aromatic rings. The maximum absolute atomic E-state index is 6.38. The van der Waals surface area contributed by atoms with E-state index in [9.17, 15) is 0 Å². The Bertz CT molecular complexity index is 447. The van der Waals surface area contributed by atoms with E-state index in [4.69, 9.17) is 26.8 Å². The molecule has 1 aromatic carbocycles. The Morgan fingerprint density at radius 2 is 1.74 bits per heavy atom. The average molecular weight is 304 g/mol. The molecule has 19 heavy (non-hydrogen) atoms. The van der Waals surface area contributed by atoms with Gasteiger partial charge in [0.1, 0.15) is 0 Å². The largest absolute Gasteiger partial charge is 0.454 e. The van der Waals surface area contributed by atoms with Crippen LogP contribution in [0.5, 0.6) is 11.5 Å². The minimum absolute atomic E-state index is 0. The van der Waals surface area contributed by atoms with E-state index < -0.39 is 0 Å². The Morgan fingerprint density at radius 3 is 2.42 bits per heavy atom. The average Bonchev–Trinajstić information content (AvgIpc) is 2.85. The Labute approximate surface area is 124 Å². The normalized spacial score (nSPS) is 19.9. The first kappa shape index (κ1) is 14.8.